The lowest BCUT2D eigenvalue weighted by atomic mass is 9.91. The second-order valence-corrected chi connectivity index (χ2v) is 10.5. The monoisotopic (exact) mass is 527 g/mol. The summed E-state index contributed by atoms with van der Waals surface area (Å²) >= 11 is 5.97. The molecule has 2 aliphatic rings. The van der Waals surface area contributed by atoms with Crippen LogP contribution in [-0.2, 0) is 9.47 Å². The Bertz CT molecular complexity index is 1300. The second kappa shape index (κ2) is 10.8. The van der Waals surface area contributed by atoms with Crippen molar-refractivity contribution in [3.05, 3.63) is 59.7 Å². The number of nitrogens with zero attached hydrogens (tertiary/aromatic N) is 3. The average molecular weight is 528 g/mol. The van der Waals surface area contributed by atoms with E-state index in [1.54, 1.807) is 6.07 Å². The van der Waals surface area contributed by atoms with Gasteiger partial charge in [0.1, 0.15) is 29.8 Å². The van der Waals surface area contributed by atoms with Crippen molar-refractivity contribution in [3.63, 3.8) is 0 Å². The highest BCUT2D eigenvalue weighted by atomic mass is 35.5. The van der Waals surface area contributed by atoms with Crippen LogP contribution in [-0.4, -0.2) is 67.7 Å². The minimum atomic E-state index is -0.479. The van der Waals surface area contributed by atoms with E-state index in [-0.39, 0.29) is 22.8 Å². The number of halogens is 2. The Labute approximate surface area is 220 Å². The van der Waals surface area contributed by atoms with Gasteiger partial charge in [0, 0.05) is 35.7 Å². The van der Waals surface area contributed by atoms with Gasteiger partial charge in [-0.3, -0.25) is 0 Å². The molecule has 37 heavy (non-hydrogen) atoms. The molecule has 10 heteroatoms. The fourth-order valence-electron chi connectivity index (χ4n) is 4.15. The number of fused-ring (bicyclic) bond motifs is 1. The molecule has 0 bridgehead atoms. The fourth-order valence-corrected chi connectivity index (χ4v) is 4.33. The van der Waals surface area contributed by atoms with Gasteiger partial charge in [0.05, 0.1) is 29.4 Å². The maximum Gasteiger partial charge on any atom is 0.159 e. The minimum absolute atomic E-state index is 0.0183. The Morgan fingerprint density at radius 3 is 2.89 bits per heavy atom. The first-order valence-corrected chi connectivity index (χ1v) is 12.6. The summed E-state index contributed by atoms with van der Waals surface area (Å²) in [6.45, 7) is 4.95. The Balaban J connectivity index is 1.42. The van der Waals surface area contributed by atoms with Gasteiger partial charge in [-0.05, 0) is 44.8 Å². The SMILES string of the molecule is CN(C)C/C=C/C1OC1Nc1cc2c(Nc3ccc(F)c(Cl)c3)ncnc2cc1OC[C@]1(C)CCOC1. The van der Waals surface area contributed by atoms with E-state index in [4.69, 9.17) is 25.8 Å². The summed E-state index contributed by atoms with van der Waals surface area (Å²) in [6.07, 6.45) is 6.40. The van der Waals surface area contributed by atoms with Gasteiger partial charge in [0.15, 0.2) is 6.23 Å². The van der Waals surface area contributed by atoms with Crippen LogP contribution in [0.4, 0.5) is 21.6 Å². The standard InChI is InChI=1S/C27H31ClFN5O3/c1-27(8-10-35-14-27)15-36-24-13-21-18(12-22(24)33-26-23(37-26)5-4-9-34(2)3)25(31-16-30-21)32-17-6-7-20(29)19(28)11-17/h4-7,11-13,16,23,26,33H,8-10,14-15H2,1-3H3,(H,30,31,32)/b5-4+/t23?,26?,27-/m1/s1. The molecule has 5 rings (SSSR count). The van der Waals surface area contributed by atoms with Crippen molar-refractivity contribution >= 4 is 39.7 Å². The van der Waals surface area contributed by atoms with Crippen LogP contribution in [0.3, 0.4) is 0 Å². The zero-order valence-electron chi connectivity index (χ0n) is 21.1. The van der Waals surface area contributed by atoms with E-state index in [1.165, 1.54) is 18.5 Å². The van der Waals surface area contributed by atoms with E-state index in [2.05, 4.69) is 44.6 Å². The van der Waals surface area contributed by atoms with E-state index in [0.717, 1.165) is 30.6 Å². The summed E-state index contributed by atoms with van der Waals surface area (Å²) in [5.41, 5.74) is 2.06. The molecule has 2 saturated heterocycles. The van der Waals surface area contributed by atoms with Crippen LogP contribution in [0.1, 0.15) is 13.3 Å². The van der Waals surface area contributed by atoms with Crippen molar-refractivity contribution in [3.8, 4) is 5.75 Å². The number of nitrogens with one attached hydrogen (secondary N) is 2. The molecule has 2 fully saturated rings. The zero-order chi connectivity index (χ0) is 26.0. The van der Waals surface area contributed by atoms with E-state index in [9.17, 15) is 4.39 Å². The molecule has 196 valence electrons. The molecular formula is C27H31ClFN5O3. The lowest BCUT2D eigenvalue weighted by Gasteiger charge is -2.23. The maximum absolute atomic E-state index is 13.6. The van der Waals surface area contributed by atoms with E-state index in [1.807, 2.05) is 26.2 Å². The van der Waals surface area contributed by atoms with Gasteiger partial charge >= 0.3 is 0 Å². The van der Waals surface area contributed by atoms with Crippen LogP contribution < -0.4 is 15.4 Å². The number of hydrogen-bond acceptors (Lipinski definition) is 8. The van der Waals surface area contributed by atoms with Crippen molar-refractivity contribution in [2.75, 3.05) is 51.1 Å². The van der Waals surface area contributed by atoms with Crippen molar-refractivity contribution in [2.24, 2.45) is 5.41 Å². The molecule has 2 N–H and O–H groups in total. The molecule has 8 nitrogen and oxygen atoms in total. The molecule has 2 aliphatic heterocycles. The summed E-state index contributed by atoms with van der Waals surface area (Å²) < 4.78 is 31.4. The number of aromatic nitrogens is 2. The molecule has 1 aromatic heterocycles. The van der Waals surface area contributed by atoms with Crippen LogP contribution in [0.25, 0.3) is 10.9 Å². The molecule has 0 saturated carbocycles. The molecule has 0 aliphatic carbocycles. The largest absolute Gasteiger partial charge is 0.491 e. The lowest BCUT2D eigenvalue weighted by Crippen LogP contribution is -2.25. The summed E-state index contributed by atoms with van der Waals surface area (Å²) in [6, 6.07) is 8.30. The highest BCUT2D eigenvalue weighted by molar-refractivity contribution is 6.31. The first-order valence-electron chi connectivity index (χ1n) is 12.2. The van der Waals surface area contributed by atoms with Crippen LogP contribution in [0.5, 0.6) is 5.75 Å². The number of benzene rings is 2. The molecule has 3 atom stereocenters. The van der Waals surface area contributed by atoms with Gasteiger partial charge in [-0.2, -0.15) is 0 Å². The molecule has 0 radical (unpaired) electrons. The van der Waals surface area contributed by atoms with E-state index < -0.39 is 5.82 Å². The van der Waals surface area contributed by atoms with Gasteiger partial charge in [-0.1, -0.05) is 30.7 Å². The van der Waals surface area contributed by atoms with Crippen molar-refractivity contribution < 1.29 is 18.6 Å². The second-order valence-electron chi connectivity index (χ2n) is 10.1. The number of anilines is 3. The smallest absolute Gasteiger partial charge is 0.159 e. The highest BCUT2D eigenvalue weighted by Gasteiger charge is 2.37. The fraction of sp³-hybridized carbons (Fsp3) is 0.407. The molecule has 2 unspecified atom stereocenters. The summed E-state index contributed by atoms with van der Waals surface area (Å²) in [4.78, 5) is 11.0. The van der Waals surface area contributed by atoms with Crippen molar-refractivity contribution in [2.45, 2.75) is 25.7 Å². The molecule has 0 spiro atoms. The van der Waals surface area contributed by atoms with E-state index >= 15 is 0 Å². The predicted molar refractivity (Wildman–Crippen MR) is 143 cm³/mol. The third kappa shape index (κ3) is 6.30. The average Bonchev–Trinajstić information content (AvgIpc) is 3.45. The number of ether oxygens (including phenoxy) is 3. The number of rotatable bonds is 10. The van der Waals surface area contributed by atoms with Gasteiger partial charge < -0.3 is 29.7 Å². The Morgan fingerprint density at radius 2 is 2.14 bits per heavy atom. The molecule has 2 aromatic carbocycles. The van der Waals surface area contributed by atoms with Gasteiger partial charge in [-0.25, -0.2) is 14.4 Å². The number of epoxide rings is 1. The Kier molecular flexibility index (Phi) is 7.48. The first kappa shape index (κ1) is 25.7. The quantitative estimate of drug-likeness (QED) is 0.274. The summed E-state index contributed by atoms with van der Waals surface area (Å²) in [5.74, 6) is 0.771. The summed E-state index contributed by atoms with van der Waals surface area (Å²) in [7, 11) is 4.05. The van der Waals surface area contributed by atoms with Crippen LogP contribution in [0.15, 0.2) is 48.8 Å². The minimum Gasteiger partial charge on any atom is -0.491 e. The number of likely N-dealkylation sites (N-methyl/N-ethyl adjacent to an activating group) is 1. The first-order chi connectivity index (χ1) is 17.8. The molecule has 3 aromatic rings. The van der Waals surface area contributed by atoms with Gasteiger partial charge in [-0.15, -0.1) is 0 Å². The highest BCUT2D eigenvalue weighted by Crippen LogP contribution is 2.38. The molecule has 3 heterocycles. The normalized spacial score (nSPS) is 23.2. The molecule has 0 amide bonds. The Morgan fingerprint density at radius 1 is 1.27 bits per heavy atom. The van der Waals surface area contributed by atoms with Crippen LogP contribution in [0.2, 0.25) is 5.02 Å². The third-order valence-electron chi connectivity index (χ3n) is 6.42. The predicted octanol–water partition coefficient (Wildman–Crippen LogP) is 5.23. The van der Waals surface area contributed by atoms with Crippen molar-refractivity contribution in [1.82, 2.24) is 14.9 Å². The number of hydrogen-bond donors (Lipinski definition) is 2. The Hall–Kier alpha value is -2.98. The third-order valence-corrected chi connectivity index (χ3v) is 6.70. The van der Waals surface area contributed by atoms with Gasteiger partial charge in [0.2, 0.25) is 0 Å². The molecular weight excluding hydrogens is 497 g/mol. The summed E-state index contributed by atoms with van der Waals surface area (Å²) in [5, 5.41) is 7.49. The van der Waals surface area contributed by atoms with Gasteiger partial charge in [0.25, 0.3) is 0 Å². The van der Waals surface area contributed by atoms with Crippen LogP contribution >= 0.6 is 11.6 Å². The maximum atomic E-state index is 13.6. The topological polar surface area (TPSA) is 84.1 Å². The zero-order valence-corrected chi connectivity index (χ0v) is 21.9. The van der Waals surface area contributed by atoms with Crippen molar-refractivity contribution in [1.29, 1.82) is 0 Å². The lowest BCUT2D eigenvalue weighted by molar-refractivity contribution is 0.118. The van der Waals surface area contributed by atoms with Crippen LogP contribution in [0, 0.1) is 11.2 Å². The van der Waals surface area contributed by atoms with E-state index in [0.29, 0.717) is 36.0 Å².